The zero-order valence-corrected chi connectivity index (χ0v) is 19.1. The minimum atomic E-state index is -4.19. The van der Waals surface area contributed by atoms with E-state index in [9.17, 15) is 22.0 Å². The molecule has 0 saturated carbocycles. The predicted molar refractivity (Wildman–Crippen MR) is 116 cm³/mol. The largest absolute Gasteiger partial charge is 0.486 e. The lowest BCUT2D eigenvalue weighted by Crippen LogP contribution is -2.44. The maximum atomic E-state index is 14.1. The Kier molecular flexibility index (Phi) is 6.85. The van der Waals surface area contributed by atoms with Crippen molar-refractivity contribution in [1.82, 2.24) is 9.21 Å². The van der Waals surface area contributed by atoms with E-state index in [1.165, 1.54) is 0 Å². The summed E-state index contributed by atoms with van der Waals surface area (Å²) in [5.41, 5.74) is 0.851. The number of hydrogen-bond acceptors (Lipinski definition) is 5. The van der Waals surface area contributed by atoms with Gasteiger partial charge in [0.25, 0.3) is 0 Å². The fourth-order valence-electron chi connectivity index (χ4n) is 4.23. The Morgan fingerprint density at radius 2 is 1.85 bits per heavy atom. The number of carbonyl (C=O) groups excluding carboxylic acids is 1. The van der Waals surface area contributed by atoms with E-state index in [1.54, 1.807) is 4.90 Å². The first-order chi connectivity index (χ1) is 15.8. The van der Waals surface area contributed by atoms with Crippen LogP contribution in [0.2, 0.25) is 0 Å². The summed E-state index contributed by atoms with van der Waals surface area (Å²) in [6.45, 7) is 3.77. The Morgan fingerprint density at radius 1 is 1.12 bits per heavy atom. The summed E-state index contributed by atoms with van der Waals surface area (Å²) >= 11 is 0. The maximum absolute atomic E-state index is 14.1. The number of sulfonamides is 1. The van der Waals surface area contributed by atoms with Gasteiger partial charge in [0.15, 0.2) is 11.5 Å². The highest BCUT2D eigenvalue weighted by atomic mass is 32.2. The first-order valence-corrected chi connectivity index (χ1v) is 12.4. The summed E-state index contributed by atoms with van der Waals surface area (Å²) in [7, 11) is -4.19. The van der Waals surface area contributed by atoms with Crippen molar-refractivity contribution in [3.8, 4) is 11.5 Å². The number of piperidine rings is 1. The van der Waals surface area contributed by atoms with E-state index in [-0.39, 0.29) is 24.9 Å². The Morgan fingerprint density at radius 3 is 2.58 bits per heavy atom. The lowest BCUT2D eigenvalue weighted by Gasteiger charge is -2.34. The van der Waals surface area contributed by atoms with Crippen LogP contribution in [-0.2, 0) is 21.4 Å². The number of ether oxygens (including phenoxy) is 2. The Balaban J connectivity index is 1.43. The van der Waals surface area contributed by atoms with E-state index in [0.717, 1.165) is 22.0 Å². The van der Waals surface area contributed by atoms with Crippen LogP contribution in [0.4, 0.5) is 8.78 Å². The third kappa shape index (κ3) is 4.81. The molecule has 1 fully saturated rings. The van der Waals surface area contributed by atoms with Gasteiger partial charge in [-0.05, 0) is 44.0 Å². The average Bonchev–Trinajstić information content (AvgIpc) is 2.83. The highest BCUT2D eigenvalue weighted by molar-refractivity contribution is 7.89. The minimum Gasteiger partial charge on any atom is -0.486 e. The number of nitrogens with zero attached hydrogens (tertiary/aromatic N) is 2. The van der Waals surface area contributed by atoms with E-state index in [4.69, 9.17) is 9.47 Å². The van der Waals surface area contributed by atoms with E-state index in [2.05, 4.69) is 0 Å². The molecule has 0 N–H and O–H groups in total. The van der Waals surface area contributed by atoms with Crippen LogP contribution in [0.3, 0.4) is 0 Å². The maximum Gasteiger partial charge on any atom is 0.246 e. The van der Waals surface area contributed by atoms with Gasteiger partial charge in [0.05, 0.1) is 0 Å². The number of fused-ring (bicyclic) bond motifs is 1. The lowest BCUT2D eigenvalue weighted by atomic mass is 9.96. The van der Waals surface area contributed by atoms with Gasteiger partial charge in [0, 0.05) is 37.7 Å². The monoisotopic (exact) mass is 480 g/mol. The number of halogens is 2. The predicted octanol–water partition coefficient (Wildman–Crippen LogP) is 3.19. The van der Waals surface area contributed by atoms with Gasteiger partial charge < -0.3 is 14.4 Å². The average molecular weight is 481 g/mol. The number of amides is 1. The van der Waals surface area contributed by atoms with Crippen molar-refractivity contribution >= 4 is 15.9 Å². The molecule has 2 heterocycles. The van der Waals surface area contributed by atoms with Gasteiger partial charge in [-0.15, -0.1) is 0 Å². The number of carbonyl (C=O) groups is 1. The van der Waals surface area contributed by atoms with Crippen molar-refractivity contribution in [2.45, 2.75) is 31.2 Å². The van der Waals surface area contributed by atoms with Crippen molar-refractivity contribution < 1.29 is 31.5 Å². The van der Waals surface area contributed by atoms with Crippen molar-refractivity contribution in [3.05, 3.63) is 53.6 Å². The van der Waals surface area contributed by atoms with Crippen LogP contribution in [0.5, 0.6) is 11.5 Å². The van der Waals surface area contributed by atoms with Crippen LogP contribution in [0, 0.1) is 17.6 Å². The topological polar surface area (TPSA) is 76.2 Å². The minimum absolute atomic E-state index is 0.0595. The van der Waals surface area contributed by atoms with Gasteiger partial charge in [0.1, 0.15) is 29.7 Å². The standard InChI is InChI=1S/C23H26F2N2O5S/c1-2-26(15-17-4-3-5-20-22(17)32-13-12-31-20)23(28)16-8-10-27(11-9-16)33(29,30)21-14-18(24)6-7-19(21)25/h3-7,14,16H,2,8-13,15H2,1H3. The molecule has 0 atom stereocenters. The molecule has 0 aliphatic carbocycles. The molecule has 0 spiro atoms. The quantitative estimate of drug-likeness (QED) is 0.635. The highest BCUT2D eigenvalue weighted by Crippen LogP contribution is 2.35. The van der Waals surface area contributed by atoms with E-state index in [0.29, 0.717) is 56.7 Å². The smallest absolute Gasteiger partial charge is 0.246 e. The van der Waals surface area contributed by atoms with Gasteiger partial charge >= 0.3 is 0 Å². The van der Waals surface area contributed by atoms with Gasteiger partial charge in [-0.25, -0.2) is 17.2 Å². The fourth-order valence-corrected chi connectivity index (χ4v) is 5.77. The molecule has 2 aromatic rings. The van der Waals surface area contributed by atoms with Crippen LogP contribution in [0.15, 0.2) is 41.3 Å². The molecule has 2 aromatic carbocycles. The zero-order valence-electron chi connectivity index (χ0n) is 18.3. The fraction of sp³-hybridized carbons (Fsp3) is 0.435. The van der Waals surface area contributed by atoms with E-state index >= 15 is 0 Å². The highest BCUT2D eigenvalue weighted by Gasteiger charge is 2.35. The summed E-state index contributed by atoms with van der Waals surface area (Å²) in [5.74, 6) is -0.940. The van der Waals surface area contributed by atoms with Crippen molar-refractivity contribution in [2.24, 2.45) is 5.92 Å². The molecular weight excluding hydrogens is 454 g/mol. The molecule has 0 radical (unpaired) electrons. The number of hydrogen-bond donors (Lipinski definition) is 0. The normalized spacial score (nSPS) is 17.1. The number of para-hydroxylation sites is 1. The van der Waals surface area contributed by atoms with Gasteiger partial charge in [-0.3, -0.25) is 4.79 Å². The van der Waals surface area contributed by atoms with Gasteiger partial charge in [-0.2, -0.15) is 4.31 Å². The molecule has 2 aliphatic heterocycles. The second kappa shape index (κ2) is 9.64. The van der Waals surface area contributed by atoms with E-state index in [1.807, 2.05) is 25.1 Å². The third-order valence-electron chi connectivity index (χ3n) is 6.02. The van der Waals surface area contributed by atoms with Crippen molar-refractivity contribution in [1.29, 1.82) is 0 Å². The molecule has 0 bridgehead atoms. The molecule has 1 saturated heterocycles. The molecular formula is C23H26F2N2O5S. The van der Waals surface area contributed by atoms with Crippen LogP contribution >= 0.6 is 0 Å². The summed E-state index contributed by atoms with van der Waals surface area (Å²) in [4.78, 5) is 14.2. The van der Waals surface area contributed by atoms with Crippen molar-refractivity contribution in [3.63, 3.8) is 0 Å². The molecule has 178 valence electrons. The summed E-state index contributed by atoms with van der Waals surface area (Å²) in [6.07, 6.45) is 0.607. The molecule has 0 aromatic heterocycles. The van der Waals surface area contributed by atoms with Gasteiger partial charge in [0.2, 0.25) is 15.9 Å². The van der Waals surface area contributed by atoms with Gasteiger partial charge in [-0.1, -0.05) is 12.1 Å². The van der Waals surface area contributed by atoms with E-state index < -0.39 is 26.6 Å². The SMILES string of the molecule is CCN(Cc1cccc2c1OCCO2)C(=O)C1CCN(S(=O)(=O)c2cc(F)ccc2F)CC1. The molecule has 2 aliphatic rings. The first-order valence-electron chi connectivity index (χ1n) is 10.9. The summed E-state index contributed by atoms with van der Waals surface area (Å²) in [5, 5.41) is 0. The third-order valence-corrected chi connectivity index (χ3v) is 7.93. The summed E-state index contributed by atoms with van der Waals surface area (Å²) in [6, 6.07) is 7.94. The molecule has 10 heteroatoms. The number of rotatable bonds is 6. The van der Waals surface area contributed by atoms with Crippen LogP contribution < -0.4 is 9.47 Å². The molecule has 1 amide bonds. The summed E-state index contributed by atoms with van der Waals surface area (Å²) < 4.78 is 65.6. The second-order valence-corrected chi connectivity index (χ2v) is 9.95. The Hall–Kier alpha value is -2.72. The Bertz CT molecular complexity index is 1130. The zero-order chi connectivity index (χ0) is 23.6. The molecule has 33 heavy (non-hydrogen) atoms. The first kappa shape index (κ1) is 23.4. The van der Waals surface area contributed by atoms with Crippen LogP contribution in [0.25, 0.3) is 0 Å². The van der Waals surface area contributed by atoms with Crippen LogP contribution in [-0.4, -0.2) is 56.4 Å². The second-order valence-electron chi connectivity index (χ2n) is 8.05. The Labute approximate surface area is 191 Å². The molecule has 0 unspecified atom stereocenters. The van der Waals surface area contributed by atoms with Crippen molar-refractivity contribution in [2.75, 3.05) is 32.8 Å². The molecule has 4 rings (SSSR count). The lowest BCUT2D eigenvalue weighted by molar-refractivity contribution is -0.137. The molecule has 7 nitrogen and oxygen atoms in total. The van der Waals surface area contributed by atoms with Crippen LogP contribution in [0.1, 0.15) is 25.3 Å². The number of benzene rings is 2.